The normalized spacial score (nSPS) is 11.9. The topological polar surface area (TPSA) is 26.0 Å². The monoisotopic (exact) mass is 647 g/mol. The quantitative estimate of drug-likeness (QED) is 0.178. The lowest BCUT2D eigenvalue weighted by atomic mass is 9.83. The lowest BCUT2D eigenvalue weighted by Crippen LogP contribution is -1.93. The van der Waals surface area contributed by atoms with E-state index in [1.165, 1.54) is 82.4 Å². The third-order valence-corrected chi connectivity index (χ3v) is 10.7. The second-order valence-electron chi connectivity index (χ2n) is 13.4. The number of rotatable bonds is 3. The van der Waals surface area contributed by atoms with Crippen LogP contribution in [-0.4, -0.2) is 4.98 Å². The molecule has 0 saturated carbocycles. The summed E-state index contributed by atoms with van der Waals surface area (Å²) in [5.41, 5.74) is 15.1. The van der Waals surface area contributed by atoms with Gasteiger partial charge in [0.05, 0.1) is 0 Å². The summed E-state index contributed by atoms with van der Waals surface area (Å²) in [6.45, 7) is 0. The first-order valence-corrected chi connectivity index (χ1v) is 17.5. The van der Waals surface area contributed by atoms with Gasteiger partial charge in [-0.15, -0.1) is 0 Å². The van der Waals surface area contributed by atoms with E-state index in [1.807, 2.05) is 30.3 Å². The van der Waals surface area contributed by atoms with Crippen LogP contribution in [0.25, 0.3) is 111 Å². The molecule has 0 fully saturated rings. The van der Waals surface area contributed by atoms with Crippen LogP contribution in [0.3, 0.4) is 0 Å². The van der Waals surface area contributed by atoms with Crippen LogP contribution in [0.4, 0.5) is 0 Å². The van der Waals surface area contributed by atoms with Crippen LogP contribution in [0.5, 0.6) is 0 Å². The van der Waals surface area contributed by atoms with Gasteiger partial charge >= 0.3 is 0 Å². The van der Waals surface area contributed by atoms with Gasteiger partial charge in [0.1, 0.15) is 5.52 Å². The van der Waals surface area contributed by atoms with E-state index in [1.54, 1.807) is 0 Å². The Morgan fingerprint density at radius 3 is 1.47 bits per heavy atom. The molecule has 51 heavy (non-hydrogen) atoms. The number of hydrogen-bond acceptors (Lipinski definition) is 2. The van der Waals surface area contributed by atoms with Crippen molar-refractivity contribution in [2.45, 2.75) is 0 Å². The van der Waals surface area contributed by atoms with Gasteiger partial charge in [-0.2, -0.15) is 0 Å². The van der Waals surface area contributed by atoms with Crippen LogP contribution in [0.2, 0.25) is 0 Å². The highest BCUT2D eigenvalue weighted by molar-refractivity contribution is 6.26. The maximum atomic E-state index is 6.21. The number of aromatic nitrogens is 1. The lowest BCUT2D eigenvalue weighted by molar-refractivity contribution is 0.620. The van der Waals surface area contributed by atoms with E-state index in [0.29, 0.717) is 5.89 Å². The molecular formula is C49H29NO. The molecule has 1 heterocycles. The molecule has 1 aliphatic rings. The fourth-order valence-electron chi connectivity index (χ4n) is 8.50. The van der Waals surface area contributed by atoms with Gasteiger partial charge in [0.25, 0.3) is 0 Å². The predicted molar refractivity (Wildman–Crippen MR) is 213 cm³/mol. The Kier molecular flexibility index (Phi) is 5.99. The van der Waals surface area contributed by atoms with E-state index >= 15 is 0 Å². The highest BCUT2D eigenvalue weighted by atomic mass is 16.3. The van der Waals surface area contributed by atoms with Crippen LogP contribution in [-0.2, 0) is 0 Å². The van der Waals surface area contributed by atoms with E-state index < -0.39 is 0 Å². The van der Waals surface area contributed by atoms with Crippen LogP contribution in [0.15, 0.2) is 180 Å². The molecule has 0 spiro atoms. The Morgan fingerprint density at radius 1 is 0.333 bits per heavy atom. The van der Waals surface area contributed by atoms with E-state index in [4.69, 9.17) is 9.40 Å². The third kappa shape index (κ3) is 4.14. The molecule has 0 radical (unpaired) electrons. The first kappa shape index (κ1) is 28.1. The number of oxazole rings is 1. The van der Waals surface area contributed by atoms with Gasteiger partial charge in [0.15, 0.2) is 5.58 Å². The fraction of sp³-hybridized carbons (Fsp3) is 0. The minimum Gasteiger partial charge on any atom is -0.436 e. The van der Waals surface area contributed by atoms with Crippen LogP contribution in [0, 0.1) is 0 Å². The summed E-state index contributed by atoms with van der Waals surface area (Å²) in [7, 11) is 0. The van der Waals surface area contributed by atoms with Crippen LogP contribution >= 0.6 is 0 Å². The molecule has 1 aromatic heterocycles. The molecule has 11 rings (SSSR count). The van der Waals surface area contributed by atoms with Gasteiger partial charge < -0.3 is 4.42 Å². The van der Waals surface area contributed by atoms with E-state index in [0.717, 1.165) is 22.2 Å². The molecule has 0 bridgehead atoms. The van der Waals surface area contributed by atoms with Crippen molar-refractivity contribution in [3.8, 4) is 67.1 Å². The SMILES string of the molecule is c1ccc(-c2nc3cc(-c4c5ccccc5c(-c5ccc6c7c(cccc57)-c5ccccc5-c5ccccc5-6)c5ccccc45)ccc3o2)cc1. The van der Waals surface area contributed by atoms with Gasteiger partial charge in [-0.25, -0.2) is 4.98 Å². The number of nitrogens with zero attached hydrogens (tertiary/aromatic N) is 1. The van der Waals surface area contributed by atoms with E-state index in [9.17, 15) is 0 Å². The largest absolute Gasteiger partial charge is 0.436 e. The first-order chi connectivity index (χ1) is 25.3. The fourth-order valence-corrected chi connectivity index (χ4v) is 8.50. The Hall–Kier alpha value is -6.77. The van der Waals surface area contributed by atoms with E-state index in [-0.39, 0.29) is 0 Å². The standard InChI is InChI=1S/C49H29NO/c1-2-13-30(14-3-1)49-50-44-29-31(25-28-45(44)51-49)46-37-19-8-10-21-39(37)48(40-22-11-9-20-38(40)46)43-27-26-42-35-18-7-5-16-33(35)32-15-4-6-17-34(32)36-23-12-24-41(43)47(36)42/h1-29H. The maximum absolute atomic E-state index is 6.21. The summed E-state index contributed by atoms with van der Waals surface area (Å²) < 4.78 is 6.21. The summed E-state index contributed by atoms with van der Waals surface area (Å²) >= 11 is 0. The Morgan fingerprint density at radius 2 is 0.824 bits per heavy atom. The third-order valence-electron chi connectivity index (χ3n) is 10.7. The molecule has 0 aliphatic heterocycles. The molecule has 10 aromatic rings. The molecular weight excluding hydrogens is 619 g/mol. The van der Waals surface area contributed by atoms with Gasteiger partial charge in [-0.3, -0.25) is 0 Å². The van der Waals surface area contributed by atoms with E-state index in [2.05, 4.69) is 146 Å². The average Bonchev–Trinajstić information content (AvgIpc) is 3.59. The van der Waals surface area contributed by atoms with Gasteiger partial charge in [-0.1, -0.05) is 152 Å². The van der Waals surface area contributed by atoms with Crippen molar-refractivity contribution < 1.29 is 4.42 Å². The van der Waals surface area contributed by atoms with Crippen molar-refractivity contribution in [3.63, 3.8) is 0 Å². The van der Waals surface area contributed by atoms with Crippen molar-refractivity contribution in [2.24, 2.45) is 0 Å². The average molecular weight is 648 g/mol. The number of fused-ring (bicyclic) bond motifs is 8. The van der Waals surface area contributed by atoms with Gasteiger partial charge in [0.2, 0.25) is 5.89 Å². The summed E-state index contributed by atoms with van der Waals surface area (Å²) in [5.74, 6) is 0.636. The highest BCUT2D eigenvalue weighted by Crippen LogP contribution is 2.51. The molecule has 0 amide bonds. The second-order valence-corrected chi connectivity index (χ2v) is 13.4. The molecule has 0 N–H and O–H groups in total. The summed E-state index contributed by atoms with van der Waals surface area (Å²) in [6.07, 6.45) is 0. The highest BCUT2D eigenvalue weighted by Gasteiger charge is 2.24. The Labute approximate surface area is 294 Å². The number of hydrogen-bond donors (Lipinski definition) is 0. The van der Waals surface area contributed by atoms with Crippen molar-refractivity contribution >= 4 is 43.4 Å². The van der Waals surface area contributed by atoms with Gasteiger partial charge in [0, 0.05) is 5.56 Å². The summed E-state index contributed by atoms with van der Waals surface area (Å²) in [6, 6.07) is 63.5. The Bertz CT molecular complexity index is 2910. The molecule has 9 aromatic carbocycles. The molecule has 0 unspecified atom stereocenters. The zero-order valence-electron chi connectivity index (χ0n) is 27.6. The van der Waals surface area contributed by atoms with Crippen LogP contribution in [0.1, 0.15) is 0 Å². The molecule has 0 atom stereocenters. The molecule has 2 nitrogen and oxygen atoms in total. The smallest absolute Gasteiger partial charge is 0.227 e. The zero-order valence-corrected chi connectivity index (χ0v) is 27.6. The minimum atomic E-state index is 0.636. The zero-order chi connectivity index (χ0) is 33.5. The lowest BCUT2D eigenvalue weighted by Gasteiger charge is -2.20. The van der Waals surface area contributed by atoms with Crippen molar-refractivity contribution in [2.75, 3.05) is 0 Å². The van der Waals surface area contributed by atoms with Crippen molar-refractivity contribution in [1.29, 1.82) is 0 Å². The number of benzene rings is 9. The second kappa shape index (κ2) is 10.9. The maximum Gasteiger partial charge on any atom is 0.227 e. The molecule has 236 valence electrons. The Balaban J connectivity index is 1.20. The van der Waals surface area contributed by atoms with Crippen molar-refractivity contribution in [3.05, 3.63) is 176 Å². The molecule has 2 heteroatoms. The minimum absolute atomic E-state index is 0.636. The van der Waals surface area contributed by atoms with Gasteiger partial charge in [-0.05, 0) is 112 Å². The molecule has 1 aliphatic carbocycles. The van der Waals surface area contributed by atoms with Crippen molar-refractivity contribution in [1.82, 2.24) is 4.98 Å². The van der Waals surface area contributed by atoms with Crippen LogP contribution < -0.4 is 0 Å². The molecule has 0 saturated heterocycles. The first-order valence-electron chi connectivity index (χ1n) is 17.5. The summed E-state index contributed by atoms with van der Waals surface area (Å²) in [4.78, 5) is 4.93. The predicted octanol–water partition coefficient (Wildman–Crippen LogP) is 13.6. The summed E-state index contributed by atoms with van der Waals surface area (Å²) in [5, 5.41) is 7.45.